The van der Waals surface area contributed by atoms with Crippen molar-refractivity contribution in [2.75, 3.05) is 0 Å². The summed E-state index contributed by atoms with van der Waals surface area (Å²) in [6.07, 6.45) is 3.44. The zero-order valence-electron chi connectivity index (χ0n) is 26.0. The fourth-order valence-electron chi connectivity index (χ4n) is 5.58. The SMILES string of the molecule is CC(C)(C)c1cc(C(C)(C)C)c(C(C)(C)C)cc1CCCc1cccc(C(C)(C)C)c1C(C)(C)C. The van der Waals surface area contributed by atoms with Gasteiger partial charge >= 0.3 is 0 Å². The molecule has 0 unspecified atom stereocenters. The third-order valence-corrected chi connectivity index (χ3v) is 7.27. The standard InChI is InChI=1S/C35H56/c1-31(2,3)26-21-17-19-24(30(26)35(13,14)15)18-16-20-25-22-28(33(7,8)9)29(34(10,11)12)23-27(25)32(4,5)6/h17,19,21-23H,16,18,20H2,1-15H3. The fourth-order valence-corrected chi connectivity index (χ4v) is 5.58. The highest BCUT2D eigenvalue weighted by molar-refractivity contribution is 5.48. The highest BCUT2D eigenvalue weighted by atomic mass is 14.3. The van der Waals surface area contributed by atoms with E-state index in [1.165, 1.54) is 34.2 Å². The Morgan fingerprint density at radius 3 is 1.29 bits per heavy atom. The van der Waals surface area contributed by atoms with Gasteiger partial charge in [0.2, 0.25) is 0 Å². The molecule has 0 nitrogen and oxygen atoms in total. The predicted molar refractivity (Wildman–Crippen MR) is 158 cm³/mol. The van der Waals surface area contributed by atoms with Crippen LogP contribution >= 0.6 is 0 Å². The molecule has 0 heteroatoms. The minimum Gasteiger partial charge on any atom is -0.0617 e. The maximum Gasteiger partial charge on any atom is -0.0126 e. The Morgan fingerprint density at radius 2 is 0.857 bits per heavy atom. The Kier molecular flexibility index (Phi) is 8.24. The highest BCUT2D eigenvalue weighted by Gasteiger charge is 2.30. The van der Waals surface area contributed by atoms with E-state index in [0.717, 1.165) is 12.8 Å². The second-order valence-corrected chi connectivity index (χ2v) is 16.0. The zero-order chi connectivity index (χ0) is 27.2. The molecule has 2 aromatic carbocycles. The van der Waals surface area contributed by atoms with Crippen molar-refractivity contribution in [1.82, 2.24) is 0 Å². The van der Waals surface area contributed by atoms with Crippen LogP contribution in [0.15, 0.2) is 30.3 Å². The number of hydrogen-bond donors (Lipinski definition) is 0. The molecule has 0 saturated heterocycles. The van der Waals surface area contributed by atoms with Gasteiger partial charge in [-0.1, -0.05) is 134 Å². The summed E-state index contributed by atoms with van der Waals surface area (Å²) in [5.74, 6) is 0. The first-order valence-corrected chi connectivity index (χ1v) is 13.9. The monoisotopic (exact) mass is 476 g/mol. The Balaban J connectivity index is 2.53. The van der Waals surface area contributed by atoms with E-state index in [1.807, 2.05) is 0 Å². The minimum absolute atomic E-state index is 0.133. The summed E-state index contributed by atoms with van der Waals surface area (Å²) >= 11 is 0. The van der Waals surface area contributed by atoms with Crippen molar-refractivity contribution in [3.05, 3.63) is 69.3 Å². The molecule has 0 aromatic heterocycles. The Labute approximate surface area is 219 Å². The molecule has 0 aliphatic heterocycles. The minimum atomic E-state index is 0.133. The molecular weight excluding hydrogens is 420 g/mol. The lowest BCUT2D eigenvalue weighted by molar-refractivity contribution is 0.518. The second-order valence-electron chi connectivity index (χ2n) is 16.0. The van der Waals surface area contributed by atoms with Gasteiger partial charge in [-0.3, -0.25) is 0 Å². The molecule has 0 heterocycles. The van der Waals surface area contributed by atoms with Crippen molar-refractivity contribution in [1.29, 1.82) is 0 Å². The average molecular weight is 477 g/mol. The lowest BCUT2D eigenvalue weighted by Crippen LogP contribution is -2.25. The van der Waals surface area contributed by atoms with E-state index >= 15 is 0 Å². The van der Waals surface area contributed by atoms with Gasteiger partial charge in [0.15, 0.2) is 0 Å². The van der Waals surface area contributed by atoms with Crippen LogP contribution in [0.25, 0.3) is 0 Å². The molecular formula is C35H56. The quantitative estimate of drug-likeness (QED) is 0.411. The maximum atomic E-state index is 2.57. The van der Waals surface area contributed by atoms with Crippen LogP contribution in [0, 0.1) is 0 Å². The molecule has 35 heavy (non-hydrogen) atoms. The van der Waals surface area contributed by atoms with Crippen molar-refractivity contribution in [2.45, 2.75) is 150 Å². The molecule has 2 aromatic rings. The van der Waals surface area contributed by atoms with E-state index in [1.54, 1.807) is 11.1 Å². The molecule has 0 amide bonds. The topological polar surface area (TPSA) is 0 Å². The fraction of sp³-hybridized carbons (Fsp3) is 0.657. The summed E-state index contributed by atoms with van der Waals surface area (Å²) in [6, 6.07) is 12.1. The Bertz CT molecular complexity index is 1010. The third kappa shape index (κ3) is 7.24. The van der Waals surface area contributed by atoms with Crippen LogP contribution in [0.5, 0.6) is 0 Å². The van der Waals surface area contributed by atoms with Gasteiger partial charge < -0.3 is 0 Å². The highest BCUT2D eigenvalue weighted by Crippen LogP contribution is 2.40. The lowest BCUT2D eigenvalue weighted by atomic mass is 9.70. The van der Waals surface area contributed by atoms with Crippen molar-refractivity contribution in [3.8, 4) is 0 Å². The summed E-state index contributed by atoms with van der Waals surface area (Å²) in [5.41, 5.74) is 11.4. The van der Waals surface area contributed by atoms with Gasteiger partial charge in [-0.15, -0.1) is 0 Å². The lowest BCUT2D eigenvalue weighted by Gasteiger charge is -2.34. The molecule has 0 spiro atoms. The van der Waals surface area contributed by atoms with Crippen molar-refractivity contribution in [3.63, 3.8) is 0 Å². The van der Waals surface area contributed by atoms with Crippen LogP contribution in [-0.2, 0) is 39.9 Å². The number of rotatable bonds is 4. The van der Waals surface area contributed by atoms with Gasteiger partial charge in [0.25, 0.3) is 0 Å². The van der Waals surface area contributed by atoms with Gasteiger partial charge in [0.05, 0.1) is 0 Å². The van der Waals surface area contributed by atoms with Crippen LogP contribution in [0.2, 0.25) is 0 Å². The first-order valence-electron chi connectivity index (χ1n) is 13.9. The Morgan fingerprint density at radius 1 is 0.429 bits per heavy atom. The maximum absolute atomic E-state index is 2.57. The summed E-state index contributed by atoms with van der Waals surface area (Å²) in [5, 5.41) is 0. The average Bonchev–Trinajstić information content (AvgIpc) is 2.63. The molecule has 0 aliphatic carbocycles. The van der Waals surface area contributed by atoms with Gasteiger partial charge in [-0.05, 0) is 85.3 Å². The molecule has 0 radical (unpaired) electrons. The first-order chi connectivity index (χ1) is 15.5. The summed E-state index contributed by atoms with van der Waals surface area (Å²) < 4.78 is 0. The smallest absolute Gasteiger partial charge is 0.0126 e. The second kappa shape index (κ2) is 9.72. The van der Waals surface area contributed by atoms with Gasteiger partial charge in [-0.25, -0.2) is 0 Å². The number of hydrogen-bond acceptors (Lipinski definition) is 0. The predicted octanol–water partition coefficient (Wildman–Crippen LogP) is 10.3. The number of aryl methyl sites for hydroxylation is 2. The van der Waals surface area contributed by atoms with E-state index in [4.69, 9.17) is 0 Å². The van der Waals surface area contributed by atoms with E-state index in [2.05, 4.69) is 134 Å². The van der Waals surface area contributed by atoms with Gasteiger partial charge in [0, 0.05) is 0 Å². The van der Waals surface area contributed by atoms with Gasteiger partial charge in [0.1, 0.15) is 0 Å². The molecule has 0 N–H and O–H groups in total. The van der Waals surface area contributed by atoms with Gasteiger partial charge in [-0.2, -0.15) is 0 Å². The summed E-state index contributed by atoms with van der Waals surface area (Å²) in [7, 11) is 0. The van der Waals surface area contributed by atoms with Crippen LogP contribution in [0.3, 0.4) is 0 Å². The molecule has 196 valence electrons. The van der Waals surface area contributed by atoms with Crippen LogP contribution in [0.4, 0.5) is 0 Å². The van der Waals surface area contributed by atoms with Crippen molar-refractivity contribution < 1.29 is 0 Å². The van der Waals surface area contributed by atoms with Crippen LogP contribution in [-0.4, -0.2) is 0 Å². The molecule has 0 saturated carbocycles. The van der Waals surface area contributed by atoms with E-state index < -0.39 is 0 Å². The van der Waals surface area contributed by atoms with Crippen molar-refractivity contribution >= 4 is 0 Å². The normalized spacial score (nSPS) is 13.9. The Hall–Kier alpha value is -1.56. The van der Waals surface area contributed by atoms with Crippen LogP contribution < -0.4 is 0 Å². The van der Waals surface area contributed by atoms with Crippen molar-refractivity contribution in [2.24, 2.45) is 0 Å². The van der Waals surface area contributed by atoms with E-state index in [0.29, 0.717) is 0 Å². The zero-order valence-corrected chi connectivity index (χ0v) is 26.0. The summed E-state index contributed by atoms with van der Waals surface area (Å²) in [6.45, 7) is 35.5. The molecule has 0 atom stereocenters. The largest absolute Gasteiger partial charge is 0.0617 e. The molecule has 0 fully saturated rings. The number of benzene rings is 2. The van der Waals surface area contributed by atoms with E-state index in [9.17, 15) is 0 Å². The molecule has 0 aliphatic rings. The van der Waals surface area contributed by atoms with E-state index in [-0.39, 0.29) is 27.1 Å². The van der Waals surface area contributed by atoms with Crippen LogP contribution in [0.1, 0.15) is 149 Å². The molecule has 2 rings (SSSR count). The molecule has 0 bridgehead atoms. The first kappa shape index (κ1) is 29.7. The summed E-state index contributed by atoms with van der Waals surface area (Å²) in [4.78, 5) is 0. The third-order valence-electron chi connectivity index (χ3n) is 7.27.